The normalized spacial score (nSPS) is 50.5. The van der Waals surface area contributed by atoms with E-state index in [-0.39, 0.29) is 36.9 Å². The lowest BCUT2D eigenvalue weighted by atomic mass is 9.57. The number of alkyl halides is 6. The molecular weight excluding hydrogens is 786 g/mol. The summed E-state index contributed by atoms with van der Waals surface area (Å²) in [6.45, 7) is 10.3. The maximum Gasteiger partial charge on any atom is 0.443 e. The first-order chi connectivity index (χ1) is 26.8. The molecule has 0 aromatic carbocycles. The van der Waals surface area contributed by atoms with Gasteiger partial charge in [0.1, 0.15) is 0 Å². The highest BCUT2D eigenvalue weighted by Gasteiger charge is 2.79. The zero-order valence-corrected chi connectivity index (χ0v) is 34.7. The number of thioether (sulfide) groups is 1. The van der Waals surface area contributed by atoms with E-state index < -0.39 is 83.0 Å². The van der Waals surface area contributed by atoms with Gasteiger partial charge in [0.2, 0.25) is 11.6 Å². The Kier molecular flexibility index (Phi) is 11.5. The van der Waals surface area contributed by atoms with Crippen LogP contribution in [0.5, 0.6) is 0 Å². The van der Waals surface area contributed by atoms with E-state index >= 15 is 26.3 Å². The standard InChI is InChI=1S/C40H60F6O10S/c1-23-11-13-29-25(3)37(39(41,42)43,51-31-35(29)27(23)15-17-33(5,49-31)53-55-35)47-19-7-9-21-57-22-10-8-20-48-38(40(44,45)46)26(4)30-14-12-24(2)28-16-18-34(6)50-32(52-38)36(28,30)56-54-34/h23-32H,7-22H2,1-6H3/t23-,24-,25-,26-,27+,28+,29+,30+,31+,32+,33-,34-,35-,36-,37-,38-/m1/s1. The summed E-state index contributed by atoms with van der Waals surface area (Å²) in [5, 5.41) is 0. The van der Waals surface area contributed by atoms with E-state index in [9.17, 15) is 0 Å². The molecule has 328 valence electrons. The molecule has 0 radical (unpaired) electrons. The Balaban J connectivity index is 0.818. The van der Waals surface area contributed by atoms with E-state index in [1.54, 1.807) is 25.6 Å². The van der Waals surface area contributed by atoms with Crippen LogP contribution in [0.3, 0.4) is 0 Å². The Morgan fingerprint density at radius 3 is 1.32 bits per heavy atom. The predicted octanol–water partition coefficient (Wildman–Crippen LogP) is 9.59. The van der Waals surface area contributed by atoms with Crippen molar-refractivity contribution in [1.29, 1.82) is 0 Å². The smallest absolute Gasteiger partial charge is 0.342 e. The maximum atomic E-state index is 15.1. The zero-order valence-electron chi connectivity index (χ0n) is 33.8. The van der Waals surface area contributed by atoms with Crippen LogP contribution in [0.25, 0.3) is 0 Å². The lowest BCUT2D eigenvalue weighted by Crippen LogP contribution is -2.76. The third kappa shape index (κ3) is 6.75. The average molecular weight is 847 g/mol. The van der Waals surface area contributed by atoms with Gasteiger partial charge < -0.3 is 28.4 Å². The van der Waals surface area contributed by atoms with Crippen molar-refractivity contribution in [2.45, 2.75) is 178 Å². The van der Waals surface area contributed by atoms with Gasteiger partial charge in [0.15, 0.2) is 23.8 Å². The Bertz CT molecular complexity index is 1360. The molecule has 10 fully saturated rings. The van der Waals surface area contributed by atoms with Crippen molar-refractivity contribution in [3.05, 3.63) is 0 Å². The van der Waals surface area contributed by atoms with Crippen LogP contribution in [0.4, 0.5) is 26.3 Å². The highest BCUT2D eigenvalue weighted by molar-refractivity contribution is 7.99. The second kappa shape index (κ2) is 15.1. The van der Waals surface area contributed by atoms with E-state index in [1.165, 1.54) is 13.8 Å². The Hall–Kier alpha value is -0.470. The van der Waals surface area contributed by atoms with Gasteiger partial charge in [-0.3, -0.25) is 0 Å². The van der Waals surface area contributed by atoms with Gasteiger partial charge in [-0.25, -0.2) is 19.6 Å². The molecule has 8 heterocycles. The van der Waals surface area contributed by atoms with Gasteiger partial charge in [-0.2, -0.15) is 38.1 Å². The molecule has 0 aromatic rings. The van der Waals surface area contributed by atoms with Crippen molar-refractivity contribution in [3.63, 3.8) is 0 Å². The Labute approximate surface area is 335 Å². The molecule has 2 aliphatic carbocycles. The lowest BCUT2D eigenvalue weighted by Gasteiger charge is -2.62. The van der Waals surface area contributed by atoms with Gasteiger partial charge in [-0.15, -0.1) is 0 Å². The topological polar surface area (TPSA) is 92.3 Å². The number of hydrogen-bond acceptors (Lipinski definition) is 11. The first kappa shape index (κ1) is 43.2. The molecule has 4 bridgehead atoms. The molecule has 10 nitrogen and oxygen atoms in total. The SMILES string of the molecule is C[C@@H]1CC[C@H]2[C@@H](C)[C@](OCCCCSCCCCO[C@@]3(C(F)(F)F)O[C@@H]4O[C@@]5(C)CC[C@H]6[C@H](C)CC[C@@H]([C@H]3C)[C@@]46OO5)(C(F)(F)F)O[C@@H]3O[C@@]4(C)CC[C@@H]1[C@]32OO4. The summed E-state index contributed by atoms with van der Waals surface area (Å²) >= 11 is 1.59. The largest absolute Gasteiger partial charge is 0.443 e. The third-order valence-electron chi connectivity index (χ3n) is 15.3. The second-order valence-electron chi connectivity index (χ2n) is 18.7. The van der Waals surface area contributed by atoms with Gasteiger partial charge in [0.25, 0.3) is 11.6 Å². The van der Waals surface area contributed by atoms with Crippen LogP contribution < -0.4 is 0 Å². The molecule has 10 rings (SSSR count). The van der Waals surface area contributed by atoms with Gasteiger partial charge in [0, 0.05) is 36.5 Å². The number of fused-ring (bicyclic) bond motifs is 4. The Morgan fingerprint density at radius 2 is 0.930 bits per heavy atom. The molecule has 8 saturated heterocycles. The minimum absolute atomic E-state index is 0.0748. The highest BCUT2D eigenvalue weighted by atomic mass is 32.2. The predicted molar refractivity (Wildman–Crippen MR) is 191 cm³/mol. The van der Waals surface area contributed by atoms with Crippen molar-refractivity contribution in [3.8, 4) is 0 Å². The molecule has 0 N–H and O–H groups in total. The summed E-state index contributed by atoms with van der Waals surface area (Å²) in [5.74, 6) is -9.82. The first-order valence-corrected chi connectivity index (χ1v) is 22.4. The quantitative estimate of drug-likeness (QED) is 0.107. The lowest BCUT2D eigenvalue weighted by molar-refractivity contribution is -0.599. The molecule has 0 aromatic heterocycles. The fourth-order valence-electron chi connectivity index (χ4n) is 12.1. The van der Waals surface area contributed by atoms with E-state index in [0.717, 1.165) is 12.8 Å². The van der Waals surface area contributed by atoms with Crippen molar-refractivity contribution in [2.75, 3.05) is 24.7 Å². The summed E-state index contributed by atoms with van der Waals surface area (Å²) in [5.41, 5.74) is -2.29. The number of unbranched alkanes of at least 4 members (excludes halogenated alkanes) is 2. The molecule has 2 saturated carbocycles. The fourth-order valence-corrected chi connectivity index (χ4v) is 13.2. The summed E-state index contributed by atoms with van der Waals surface area (Å²) in [7, 11) is 0. The van der Waals surface area contributed by atoms with Gasteiger partial charge >= 0.3 is 12.4 Å². The molecule has 0 unspecified atom stereocenters. The summed E-state index contributed by atoms with van der Waals surface area (Å²) in [6.07, 6.45) is -5.40. The molecule has 17 heteroatoms. The molecule has 2 spiro atoms. The monoisotopic (exact) mass is 846 g/mol. The van der Waals surface area contributed by atoms with Gasteiger partial charge in [-0.1, -0.05) is 27.7 Å². The van der Waals surface area contributed by atoms with E-state index in [0.29, 0.717) is 75.7 Å². The Morgan fingerprint density at radius 1 is 0.526 bits per heavy atom. The summed E-state index contributed by atoms with van der Waals surface area (Å²) in [6, 6.07) is 0. The molecule has 0 amide bonds. The van der Waals surface area contributed by atoms with Gasteiger partial charge in [-0.05, 0) is 113 Å². The van der Waals surface area contributed by atoms with Crippen molar-refractivity contribution in [2.24, 2.45) is 47.3 Å². The number of ether oxygens (including phenoxy) is 6. The van der Waals surface area contributed by atoms with Crippen molar-refractivity contribution >= 4 is 11.8 Å². The van der Waals surface area contributed by atoms with Gasteiger partial charge in [0.05, 0.1) is 13.2 Å². The fraction of sp³-hybridized carbons (Fsp3) is 1.00. The molecule has 10 aliphatic rings. The van der Waals surface area contributed by atoms with Crippen LogP contribution in [-0.2, 0) is 48.0 Å². The van der Waals surface area contributed by atoms with Crippen LogP contribution in [0.15, 0.2) is 0 Å². The second-order valence-corrected chi connectivity index (χ2v) is 19.9. The van der Waals surface area contributed by atoms with Crippen LogP contribution in [0.1, 0.15) is 119 Å². The molecule has 8 aliphatic heterocycles. The first-order valence-electron chi connectivity index (χ1n) is 21.2. The minimum atomic E-state index is -4.83. The number of hydrogen-bond donors (Lipinski definition) is 0. The van der Waals surface area contributed by atoms with E-state index in [1.807, 2.05) is 0 Å². The third-order valence-corrected chi connectivity index (χ3v) is 16.5. The number of rotatable bonds is 12. The average Bonchev–Trinajstić information content (AvgIpc) is 3.51. The van der Waals surface area contributed by atoms with E-state index in [2.05, 4.69) is 13.8 Å². The molecule has 57 heavy (non-hydrogen) atoms. The van der Waals surface area contributed by atoms with E-state index in [4.69, 9.17) is 48.0 Å². The summed E-state index contributed by atoms with van der Waals surface area (Å²) in [4.78, 5) is 23.6. The van der Waals surface area contributed by atoms with Crippen LogP contribution in [-0.4, -0.2) is 84.0 Å². The van der Waals surface area contributed by atoms with Crippen molar-refractivity contribution in [1.82, 2.24) is 0 Å². The molecular formula is C40H60F6O10S. The minimum Gasteiger partial charge on any atom is -0.342 e. The summed E-state index contributed by atoms with van der Waals surface area (Å²) < 4.78 is 126. The maximum absolute atomic E-state index is 15.1. The number of halogens is 6. The van der Waals surface area contributed by atoms with Crippen LogP contribution in [0.2, 0.25) is 0 Å². The van der Waals surface area contributed by atoms with Crippen molar-refractivity contribution < 1.29 is 74.3 Å². The zero-order chi connectivity index (χ0) is 40.9. The van der Waals surface area contributed by atoms with Crippen LogP contribution >= 0.6 is 11.8 Å². The molecule has 16 atom stereocenters. The van der Waals surface area contributed by atoms with Crippen LogP contribution in [0, 0.1) is 47.3 Å². The highest BCUT2D eigenvalue weighted by Crippen LogP contribution is 2.66.